The summed E-state index contributed by atoms with van der Waals surface area (Å²) in [4.78, 5) is 32.3. The van der Waals surface area contributed by atoms with E-state index in [9.17, 15) is 26.3 Å². The van der Waals surface area contributed by atoms with Crippen LogP contribution in [0.2, 0.25) is 0 Å². The third-order valence-electron chi connectivity index (χ3n) is 5.35. The molecule has 0 aliphatic carbocycles. The molecule has 16 heteroatoms. The fourth-order valence-corrected chi connectivity index (χ4v) is 4.18. The van der Waals surface area contributed by atoms with Gasteiger partial charge < -0.3 is 19.8 Å². The summed E-state index contributed by atoms with van der Waals surface area (Å²) in [7, 11) is 0. The average Bonchev–Trinajstić information content (AvgIpc) is 3.44. The molecule has 0 spiro atoms. The van der Waals surface area contributed by atoms with Crippen LogP contribution < -0.4 is 4.90 Å². The Morgan fingerprint density at radius 1 is 1.05 bits per heavy atom. The van der Waals surface area contributed by atoms with E-state index in [4.69, 9.17) is 29.5 Å². The highest BCUT2D eigenvalue weighted by molar-refractivity contribution is 7.09. The summed E-state index contributed by atoms with van der Waals surface area (Å²) < 4.78 is 69.1. The van der Waals surface area contributed by atoms with Gasteiger partial charge in [0, 0.05) is 48.9 Å². The summed E-state index contributed by atoms with van der Waals surface area (Å²) in [6.45, 7) is 9.71. The van der Waals surface area contributed by atoms with E-state index in [0.29, 0.717) is 6.04 Å². The SMILES string of the molecule is Cc1ccc2c(n1)N(Cc1csc(C)n1)CCN(C1CCOC1)C2.O=C(O)C(F)(F)F.O=C(O)C(F)(F)F. The number of anilines is 1. The smallest absolute Gasteiger partial charge is 0.475 e. The first-order chi connectivity index (χ1) is 17.6. The minimum atomic E-state index is -5.08. The van der Waals surface area contributed by atoms with Crippen LogP contribution in [0.4, 0.5) is 32.2 Å². The fraction of sp³-hybridized carbons (Fsp3) is 0.545. The molecule has 2 aliphatic rings. The van der Waals surface area contributed by atoms with E-state index in [-0.39, 0.29) is 0 Å². The summed E-state index contributed by atoms with van der Waals surface area (Å²) >= 11 is 1.72. The minimum Gasteiger partial charge on any atom is -0.475 e. The molecule has 2 aliphatic heterocycles. The Morgan fingerprint density at radius 2 is 1.66 bits per heavy atom. The summed E-state index contributed by atoms with van der Waals surface area (Å²) in [5, 5.41) is 17.5. The maximum atomic E-state index is 10.6. The van der Waals surface area contributed by atoms with Crippen LogP contribution >= 0.6 is 11.3 Å². The second-order valence-electron chi connectivity index (χ2n) is 8.31. The number of aryl methyl sites for hydroxylation is 2. The lowest BCUT2D eigenvalue weighted by atomic mass is 10.1. The second-order valence-corrected chi connectivity index (χ2v) is 9.37. The van der Waals surface area contributed by atoms with Crippen LogP contribution in [-0.2, 0) is 27.4 Å². The van der Waals surface area contributed by atoms with Crippen molar-refractivity contribution in [2.45, 2.75) is 51.8 Å². The lowest BCUT2D eigenvalue weighted by Gasteiger charge is -2.26. The number of rotatable bonds is 3. The molecule has 4 rings (SSSR count). The Kier molecular flexibility index (Phi) is 10.8. The third-order valence-corrected chi connectivity index (χ3v) is 6.17. The number of thiazole rings is 1. The zero-order valence-electron chi connectivity index (χ0n) is 20.3. The van der Waals surface area contributed by atoms with Gasteiger partial charge >= 0.3 is 24.3 Å². The van der Waals surface area contributed by atoms with Crippen molar-refractivity contribution in [3.63, 3.8) is 0 Å². The molecule has 0 amide bonds. The first-order valence-corrected chi connectivity index (χ1v) is 12.0. The van der Waals surface area contributed by atoms with Gasteiger partial charge in [-0.2, -0.15) is 26.3 Å². The monoisotopic (exact) mass is 572 g/mol. The van der Waals surface area contributed by atoms with Crippen LogP contribution in [0.1, 0.15) is 28.4 Å². The number of carbonyl (C=O) groups is 2. The molecule has 1 fully saturated rings. The van der Waals surface area contributed by atoms with Crippen molar-refractivity contribution >= 4 is 29.1 Å². The van der Waals surface area contributed by atoms with Crippen molar-refractivity contribution < 1.29 is 50.9 Å². The van der Waals surface area contributed by atoms with E-state index in [1.807, 2.05) is 0 Å². The molecule has 4 heterocycles. The summed E-state index contributed by atoms with van der Waals surface area (Å²) in [6, 6.07) is 4.91. The standard InChI is InChI=1S/C18H24N4OS.2C2HF3O2/c1-13-3-4-15-9-21(17-5-8-23-11-17)6-7-22(18(15)19-13)10-16-12-24-14(2)20-16;2*3-2(4,5)1(6)7/h3-4,12,17H,5-11H2,1-2H3;2*(H,6,7). The Labute approximate surface area is 217 Å². The van der Waals surface area contributed by atoms with E-state index < -0.39 is 24.3 Å². The molecule has 0 aromatic carbocycles. The Balaban J connectivity index is 0.000000301. The number of pyridine rings is 1. The van der Waals surface area contributed by atoms with Crippen molar-refractivity contribution in [1.29, 1.82) is 0 Å². The van der Waals surface area contributed by atoms with Crippen LogP contribution in [0.25, 0.3) is 0 Å². The van der Waals surface area contributed by atoms with Gasteiger partial charge in [0.05, 0.1) is 23.9 Å². The zero-order valence-corrected chi connectivity index (χ0v) is 21.2. The molecule has 0 bridgehead atoms. The topological polar surface area (TPSA) is 116 Å². The third kappa shape index (κ3) is 9.72. The number of aromatic nitrogens is 2. The number of carboxylic acids is 2. The van der Waals surface area contributed by atoms with E-state index in [1.54, 1.807) is 11.3 Å². The first-order valence-electron chi connectivity index (χ1n) is 11.1. The number of hydrogen-bond donors (Lipinski definition) is 2. The van der Waals surface area contributed by atoms with Gasteiger partial charge in [-0.15, -0.1) is 11.3 Å². The molecule has 2 aromatic rings. The van der Waals surface area contributed by atoms with Gasteiger partial charge in [0.1, 0.15) is 5.82 Å². The molecule has 0 saturated carbocycles. The molecule has 1 unspecified atom stereocenters. The Bertz CT molecular complexity index is 1060. The van der Waals surface area contributed by atoms with Crippen LogP contribution in [0.15, 0.2) is 17.5 Å². The molecule has 2 N–H and O–H groups in total. The minimum absolute atomic E-state index is 0.542. The highest BCUT2D eigenvalue weighted by atomic mass is 32.1. The van der Waals surface area contributed by atoms with Gasteiger partial charge in [0.25, 0.3) is 0 Å². The fourth-order valence-electron chi connectivity index (χ4n) is 3.57. The number of nitrogens with zero attached hydrogens (tertiary/aromatic N) is 4. The summed E-state index contributed by atoms with van der Waals surface area (Å²) in [5.41, 5.74) is 3.53. The summed E-state index contributed by atoms with van der Waals surface area (Å²) in [6.07, 6.45) is -9.03. The molecule has 1 saturated heterocycles. The van der Waals surface area contributed by atoms with E-state index in [1.165, 1.54) is 5.56 Å². The van der Waals surface area contributed by atoms with E-state index >= 15 is 0 Å². The Morgan fingerprint density at radius 3 is 2.13 bits per heavy atom. The quantitative estimate of drug-likeness (QED) is 0.526. The van der Waals surface area contributed by atoms with Gasteiger partial charge in [0.15, 0.2) is 0 Å². The average molecular weight is 573 g/mol. The number of hydrogen-bond acceptors (Lipinski definition) is 8. The lowest BCUT2D eigenvalue weighted by Crippen LogP contribution is -2.38. The van der Waals surface area contributed by atoms with Gasteiger partial charge in [0.2, 0.25) is 0 Å². The molecule has 1 atom stereocenters. The maximum absolute atomic E-state index is 10.6. The molecule has 0 radical (unpaired) electrons. The van der Waals surface area contributed by atoms with Crippen LogP contribution in [0, 0.1) is 13.8 Å². The molecular formula is C22H26F6N4O5S. The predicted octanol–water partition coefficient (Wildman–Crippen LogP) is 4.03. The van der Waals surface area contributed by atoms with Crippen molar-refractivity contribution in [3.05, 3.63) is 39.5 Å². The number of alkyl halides is 6. The van der Waals surface area contributed by atoms with Crippen molar-refractivity contribution in [2.24, 2.45) is 0 Å². The van der Waals surface area contributed by atoms with Gasteiger partial charge in [-0.1, -0.05) is 6.07 Å². The highest BCUT2D eigenvalue weighted by Gasteiger charge is 2.39. The highest BCUT2D eigenvalue weighted by Crippen LogP contribution is 2.28. The first kappa shape index (κ1) is 31.2. The molecule has 212 valence electrons. The zero-order chi connectivity index (χ0) is 28.7. The van der Waals surface area contributed by atoms with Gasteiger partial charge in [-0.3, -0.25) is 4.90 Å². The normalized spacial score (nSPS) is 17.9. The number of aliphatic carboxylic acids is 2. The second kappa shape index (κ2) is 13.2. The Hall–Kier alpha value is -2.98. The molecule has 2 aromatic heterocycles. The lowest BCUT2D eigenvalue weighted by molar-refractivity contribution is -0.193. The van der Waals surface area contributed by atoms with Crippen molar-refractivity contribution in [2.75, 3.05) is 31.2 Å². The largest absolute Gasteiger partial charge is 0.490 e. The molecule has 9 nitrogen and oxygen atoms in total. The van der Waals surface area contributed by atoms with Crippen molar-refractivity contribution in [1.82, 2.24) is 14.9 Å². The van der Waals surface area contributed by atoms with Crippen LogP contribution in [0.3, 0.4) is 0 Å². The van der Waals surface area contributed by atoms with E-state index in [0.717, 1.165) is 68.0 Å². The predicted molar refractivity (Wildman–Crippen MR) is 124 cm³/mol. The van der Waals surface area contributed by atoms with Crippen LogP contribution in [0.5, 0.6) is 0 Å². The van der Waals surface area contributed by atoms with E-state index in [2.05, 4.69) is 46.1 Å². The van der Waals surface area contributed by atoms with Gasteiger partial charge in [-0.05, 0) is 26.3 Å². The number of carboxylic acid groups (broad SMARTS) is 2. The van der Waals surface area contributed by atoms with Gasteiger partial charge in [-0.25, -0.2) is 19.6 Å². The maximum Gasteiger partial charge on any atom is 0.490 e. The molecule has 38 heavy (non-hydrogen) atoms. The van der Waals surface area contributed by atoms with Crippen LogP contribution in [-0.4, -0.2) is 81.7 Å². The van der Waals surface area contributed by atoms with Crippen molar-refractivity contribution in [3.8, 4) is 0 Å². The number of fused-ring (bicyclic) bond motifs is 1. The number of halogens is 6. The summed E-state index contributed by atoms with van der Waals surface area (Å²) in [5.74, 6) is -4.39. The molecular weight excluding hydrogens is 546 g/mol. The number of ether oxygens (including phenoxy) is 1.